The van der Waals surface area contributed by atoms with E-state index in [1.165, 1.54) is 0 Å². The number of hydrogen-bond acceptors (Lipinski definition) is 5. The van der Waals surface area contributed by atoms with Crippen LogP contribution in [0.2, 0.25) is 0 Å². The van der Waals surface area contributed by atoms with E-state index < -0.39 is 12.1 Å². The van der Waals surface area contributed by atoms with Crippen LogP contribution in [-0.2, 0) is 16.1 Å². The molecule has 0 bridgehead atoms. The van der Waals surface area contributed by atoms with Crippen molar-refractivity contribution in [1.82, 2.24) is 20.6 Å². The van der Waals surface area contributed by atoms with Gasteiger partial charge in [-0.2, -0.15) is 0 Å². The lowest BCUT2D eigenvalue weighted by Crippen LogP contribution is -2.39. The number of carboxylic acids is 1. The number of carbonyl (C=O) groups is 2. The molecule has 8 nitrogen and oxygen atoms in total. The zero-order chi connectivity index (χ0) is 15.2. The quantitative estimate of drug-likeness (QED) is 0.715. The molecular formula is C13H18N4O4. The fraction of sp³-hybridized carbons (Fsp3) is 0.538. The Morgan fingerprint density at radius 1 is 1.43 bits per heavy atom. The predicted molar refractivity (Wildman–Crippen MR) is 72.5 cm³/mol. The van der Waals surface area contributed by atoms with Gasteiger partial charge in [-0.3, -0.25) is 0 Å². The average molecular weight is 294 g/mol. The fourth-order valence-electron chi connectivity index (χ4n) is 2.08. The van der Waals surface area contributed by atoms with Crippen LogP contribution < -0.4 is 10.6 Å². The molecule has 1 aromatic heterocycles. The zero-order valence-corrected chi connectivity index (χ0v) is 11.7. The van der Waals surface area contributed by atoms with E-state index in [0.717, 1.165) is 5.69 Å². The van der Waals surface area contributed by atoms with Crippen LogP contribution in [0.25, 0.3) is 0 Å². The normalized spacial score (nSPS) is 21.0. The van der Waals surface area contributed by atoms with Gasteiger partial charge in [0, 0.05) is 12.7 Å². The molecule has 0 saturated carbocycles. The molecule has 0 aliphatic carbocycles. The van der Waals surface area contributed by atoms with Gasteiger partial charge in [-0.1, -0.05) is 0 Å². The zero-order valence-electron chi connectivity index (χ0n) is 11.7. The minimum absolute atomic E-state index is 0.252. The first-order valence-electron chi connectivity index (χ1n) is 6.73. The smallest absolute Gasteiger partial charge is 0.332 e. The molecule has 2 amide bonds. The number of ether oxygens (including phenoxy) is 1. The topological polar surface area (TPSA) is 113 Å². The third-order valence-electron chi connectivity index (χ3n) is 3.14. The summed E-state index contributed by atoms with van der Waals surface area (Å²) in [6, 6.07) is 1.39. The van der Waals surface area contributed by atoms with Crippen LogP contribution in [0.3, 0.4) is 0 Å². The Kier molecular flexibility index (Phi) is 5.04. The number of carbonyl (C=O) groups excluding carboxylic acids is 1. The number of amides is 2. The Hall–Kier alpha value is -2.22. The number of carboxylic acid groups (broad SMARTS) is 1. The van der Waals surface area contributed by atoms with Gasteiger partial charge in [0.25, 0.3) is 0 Å². The van der Waals surface area contributed by atoms with Crippen molar-refractivity contribution in [1.29, 1.82) is 0 Å². The second-order valence-electron chi connectivity index (χ2n) is 4.82. The lowest BCUT2D eigenvalue weighted by atomic mass is 10.2. The maximum absolute atomic E-state index is 11.6. The maximum atomic E-state index is 11.6. The minimum atomic E-state index is -0.957. The molecule has 0 aromatic carbocycles. The summed E-state index contributed by atoms with van der Waals surface area (Å²) in [6.07, 6.45) is 1.73. The van der Waals surface area contributed by atoms with Gasteiger partial charge >= 0.3 is 12.0 Å². The first kappa shape index (κ1) is 15.2. The highest BCUT2D eigenvalue weighted by Crippen LogP contribution is 2.19. The lowest BCUT2D eigenvalue weighted by Gasteiger charge is -2.13. The van der Waals surface area contributed by atoms with Crippen LogP contribution >= 0.6 is 0 Å². The molecule has 8 heteroatoms. The van der Waals surface area contributed by atoms with Crippen molar-refractivity contribution in [2.45, 2.75) is 38.5 Å². The first-order valence-corrected chi connectivity index (χ1v) is 6.73. The van der Waals surface area contributed by atoms with Crippen molar-refractivity contribution in [3.63, 3.8) is 0 Å². The van der Waals surface area contributed by atoms with Crippen molar-refractivity contribution in [2.24, 2.45) is 0 Å². The molecule has 2 unspecified atom stereocenters. The molecule has 21 heavy (non-hydrogen) atoms. The summed E-state index contributed by atoms with van der Waals surface area (Å²) in [5.74, 6) is -0.310. The van der Waals surface area contributed by atoms with Crippen LogP contribution in [0, 0.1) is 6.92 Å². The molecule has 3 N–H and O–H groups in total. The number of aliphatic carboxylic acids is 1. The molecular weight excluding hydrogens is 276 g/mol. The van der Waals surface area contributed by atoms with E-state index in [-0.39, 0.29) is 12.1 Å². The molecule has 2 rings (SSSR count). The van der Waals surface area contributed by atoms with Crippen LogP contribution in [0.15, 0.2) is 12.3 Å². The summed E-state index contributed by atoms with van der Waals surface area (Å²) >= 11 is 0. The highest BCUT2D eigenvalue weighted by Gasteiger charge is 2.30. The molecule has 0 spiro atoms. The number of nitrogens with zero attached hydrogens (tertiary/aromatic N) is 2. The number of hydrogen-bond donors (Lipinski definition) is 3. The molecule has 0 radical (unpaired) electrons. The van der Waals surface area contributed by atoms with E-state index in [4.69, 9.17) is 9.84 Å². The van der Waals surface area contributed by atoms with E-state index in [1.807, 2.05) is 0 Å². The van der Waals surface area contributed by atoms with E-state index in [2.05, 4.69) is 20.6 Å². The van der Waals surface area contributed by atoms with Crippen LogP contribution in [0.4, 0.5) is 4.79 Å². The molecule has 1 fully saturated rings. The number of aromatic nitrogens is 2. The van der Waals surface area contributed by atoms with Gasteiger partial charge in [-0.05, 0) is 25.8 Å². The monoisotopic (exact) mass is 294 g/mol. The van der Waals surface area contributed by atoms with Gasteiger partial charge in [0.15, 0.2) is 6.10 Å². The van der Waals surface area contributed by atoms with Crippen LogP contribution in [0.5, 0.6) is 0 Å². The third-order valence-corrected chi connectivity index (χ3v) is 3.14. The number of urea groups is 1. The van der Waals surface area contributed by atoms with Crippen molar-refractivity contribution < 1.29 is 19.4 Å². The molecule has 1 aliphatic heterocycles. The third kappa shape index (κ3) is 4.67. The summed E-state index contributed by atoms with van der Waals surface area (Å²) < 4.78 is 5.29. The predicted octanol–water partition coefficient (Wildman–Crippen LogP) is 0.216. The maximum Gasteiger partial charge on any atom is 0.332 e. The van der Waals surface area contributed by atoms with Gasteiger partial charge in [0.05, 0.1) is 18.3 Å². The van der Waals surface area contributed by atoms with E-state index in [0.29, 0.717) is 31.8 Å². The molecule has 2 atom stereocenters. The molecule has 2 heterocycles. The summed E-state index contributed by atoms with van der Waals surface area (Å²) in [5, 5.41) is 14.1. The summed E-state index contributed by atoms with van der Waals surface area (Å²) in [7, 11) is 0. The Bertz CT molecular complexity index is 523. The van der Waals surface area contributed by atoms with Crippen LogP contribution in [0.1, 0.15) is 24.4 Å². The van der Waals surface area contributed by atoms with Gasteiger partial charge < -0.3 is 20.5 Å². The lowest BCUT2D eigenvalue weighted by molar-refractivity contribution is -0.149. The Morgan fingerprint density at radius 3 is 2.90 bits per heavy atom. The number of rotatable bonds is 5. The molecule has 114 valence electrons. The van der Waals surface area contributed by atoms with Crippen molar-refractivity contribution in [3.8, 4) is 0 Å². The Balaban J connectivity index is 1.67. The second kappa shape index (κ2) is 6.98. The summed E-state index contributed by atoms with van der Waals surface area (Å²) in [4.78, 5) is 30.5. The molecule has 1 aromatic rings. The minimum Gasteiger partial charge on any atom is -0.479 e. The summed E-state index contributed by atoms with van der Waals surface area (Å²) in [5.41, 5.74) is 0.723. The standard InChI is InChI=1S/C13H18N4O4/c1-8-14-5-4-9(17-8)6-15-13(20)16-7-10-2-3-11(21-10)12(18)19/h4-5,10-11H,2-3,6-7H2,1H3,(H,18,19)(H2,15,16,20). The van der Waals surface area contributed by atoms with E-state index >= 15 is 0 Å². The Morgan fingerprint density at radius 2 is 2.24 bits per heavy atom. The summed E-state index contributed by atoms with van der Waals surface area (Å²) in [6.45, 7) is 2.37. The highest BCUT2D eigenvalue weighted by atomic mass is 16.5. The largest absolute Gasteiger partial charge is 0.479 e. The highest BCUT2D eigenvalue weighted by molar-refractivity contribution is 5.74. The van der Waals surface area contributed by atoms with Gasteiger partial charge in [-0.15, -0.1) is 0 Å². The Labute approximate surface area is 121 Å². The fourth-order valence-corrected chi connectivity index (χ4v) is 2.08. The SMILES string of the molecule is Cc1nccc(CNC(=O)NCC2CCC(C(=O)O)O2)n1. The molecule has 1 aliphatic rings. The van der Waals surface area contributed by atoms with Crippen molar-refractivity contribution >= 4 is 12.0 Å². The number of aryl methyl sites for hydroxylation is 1. The second-order valence-corrected chi connectivity index (χ2v) is 4.82. The van der Waals surface area contributed by atoms with Gasteiger partial charge in [0.2, 0.25) is 0 Å². The van der Waals surface area contributed by atoms with E-state index in [9.17, 15) is 9.59 Å². The van der Waals surface area contributed by atoms with E-state index in [1.54, 1.807) is 19.2 Å². The van der Waals surface area contributed by atoms with Crippen molar-refractivity contribution in [2.75, 3.05) is 6.54 Å². The van der Waals surface area contributed by atoms with Crippen molar-refractivity contribution in [3.05, 3.63) is 23.8 Å². The van der Waals surface area contributed by atoms with Gasteiger partial charge in [-0.25, -0.2) is 19.6 Å². The van der Waals surface area contributed by atoms with Gasteiger partial charge in [0.1, 0.15) is 5.82 Å². The molecule has 1 saturated heterocycles. The average Bonchev–Trinajstić information content (AvgIpc) is 2.92. The van der Waals surface area contributed by atoms with Crippen LogP contribution in [-0.4, -0.2) is 45.8 Å². The number of nitrogens with one attached hydrogen (secondary N) is 2. The first-order chi connectivity index (χ1) is 10.0.